The van der Waals surface area contributed by atoms with E-state index < -0.39 is 18.1 Å². The van der Waals surface area contributed by atoms with Gasteiger partial charge in [0.1, 0.15) is 17.4 Å². The van der Waals surface area contributed by atoms with Gasteiger partial charge in [-0.3, -0.25) is 9.69 Å². The third-order valence-corrected chi connectivity index (χ3v) is 8.86. The maximum Gasteiger partial charge on any atom is 0.391 e. The molecule has 1 N–H and O–H groups in total. The molecule has 3 aliphatic rings. The number of carbonyl (C=O) groups is 1. The number of nitriles is 1. The molecule has 0 unspecified atom stereocenters. The molecular weight excluding hydrogens is 481 g/mol. The first kappa shape index (κ1) is 25.8. The molecule has 5 rings (SSSR count). The number of piperidine rings is 2. The third kappa shape index (κ3) is 5.16. The van der Waals surface area contributed by atoms with E-state index in [9.17, 15) is 28.3 Å². The molecule has 0 radical (unpaired) electrons. The minimum absolute atomic E-state index is 0.0522. The second kappa shape index (κ2) is 10.2. The van der Waals surface area contributed by atoms with Crippen LogP contribution in [0.2, 0.25) is 0 Å². The van der Waals surface area contributed by atoms with E-state index >= 15 is 0 Å². The number of ether oxygens (including phenoxy) is 1. The Morgan fingerprint density at radius 2 is 1.76 bits per heavy atom. The molecule has 0 amide bonds. The molecule has 37 heavy (non-hydrogen) atoms. The summed E-state index contributed by atoms with van der Waals surface area (Å²) in [6.45, 7) is 2.17. The number of fused-ring (bicyclic) bond motifs is 3. The SMILES string of the molecule is C[C@@H](c1ccc2c(C#N)c(OC3CCC(C(F)(F)F)CC3)ccc2c1)N1[C@H]2CCC[C@H]1CC(C(=O)O)C2. The fraction of sp³-hybridized carbons (Fsp3) is 0.586. The number of benzene rings is 2. The first-order valence-electron chi connectivity index (χ1n) is 13.4. The molecule has 2 heterocycles. The van der Waals surface area contributed by atoms with E-state index in [2.05, 4.69) is 24.0 Å². The van der Waals surface area contributed by atoms with Gasteiger partial charge in [-0.05, 0) is 81.4 Å². The maximum absolute atomic E-state index is 13.0. The Kier molecular flexibility index (Phi) is 7.10. The van der Waals surface area contributed by atoms with Crippen molar-refractivity contribution < 1.29 is 27.8 Å². The number of carboxylic acids is 1. The Hall–Kier alpha value is -2.79. The summed E-state index contributed by atoms with van der Waals surface area (Å²) in [5.74, 6) is -1.80. The van der Waals surface area contributed by atoms with Gasteiger partial charge in [-0.15, -0.1) is 0 Å². The fourth-order valence-corrected chi connectivity index (χ4v) is 6.91. The summed E-state index contributed by atoms with van der Waals surface area (Å²) in [6.07, 6.45) is 0.810. The zero-order valence-electron chi connectivity index (χ0n) is 21.0. The number of halogens is 3. The molecule has 2 aromatic rings. The predicted molar refractivity (Wildman–Crippen MR) is 133 cm³/mol. The molecule has 3 atom stereocenters. The van der Waals surface area contributed by atoms with E-state index in [1.54, 1.807) is 6.07 Å². The smallest absolute Gasteiger partial charge is 0.391 e. The van der Waals surface area contributed by atoms with E-state index in [1.807, 2.05) is 18.2 Å². The predicted octanol–water partition coefficient (Wildman–Crippen LogP) is 6.99. The van der Waals surface area contributed by atoms with Crippen molar-refractivity contribution in [2.45, 2.75) is 95.1 Å². The summed E-state index contributed by atoms with van der Waals surface area (Å²) >= 11 is 0. The van der Waals surface area contributed by atoms with Gasteiger partial charge in [0, 0.05) is 23.5 Å². The molecule has 198 valence electrons. The fourth-order valence-electron chi connectivity index (χ4n) is 6.91. The van der Waals surface area contributed by atoms with Crippen molar-refractivity contribution >= 4 is 16.7 Å². The maximum atomic E-state index is 13.0. The molecule has 3 fully saturated rings. The minimum Gasteiger partial charge on any atom is -0.489 e. The average molecular weight is 515 g/mol. The zero-order valence-corrected chi connectivity index (χ0v) is 21.0. The first-order valence-corrected chi connectivity index (χ1v) is 13.4. The Morgan fingerprint density at radius 3 is 2.35 bits per heavy atom. The molecule has 2 aromatic carbocycles. The van der Waals surface area contributed by atoms with Crippen molar-refractivity contribution in [1.82, 2.24) is 4.90 Å². The van der Waals surface area contributed by atoms with Crippen molar-refractivity contribution in [3.05, 3.63) is 41.5 Å². The number of hydrogen-bond acceptors (Lipinski definition) is 4. The summed E-state index contributed by atoms with van der Waals surface area (Å²) in [5, 5.41) is 21.2. The highest BCUT2D eigenvalue weighted by molar-refractivity contribution is 5.90. The quantitative estimate of drug-likeness (QED) is 0.466. The lowest BCUT2D eigenvalue weighted by Gasteiger charge is -2.51. The molecule has 0 aromatic heterocycles. The largest absolute Gasteiger partial charge is 0.489 e. The van der Waals surface area contributed by atoms with E-state index in [0.717, 1.165) is 35.6 Å². The van der Waals surface area contributed by atoms with Gasteiger partial charge in [0.15, 0.2) is 0 Å². The van der Waals surface area contributed by atoms with Crippen LogP contribution in [0.15, 0.2) is 30.3 Å². The molecule has 2 bridgehead atoms. The molecule has 2 saturated heterocycles. The lowest BCUT2D eigenvalue weighted by molar-refractivity contribution is -0.185. The van der Waals surface area contributed by atoms with Crippen molar-refractivity contribution in [3.8, 4) is 11.8 Å². The summed E-state index contributed by atoms with van der Waals surface area (Å²) in [7, 11) is 0. The van der Waals surface area contributed by atoms with Crippen molar-refractivity contribution in [2.24, 2.45) is 11.8 Å². The highest BCUT2D eigenvalue weighted by Crippen LogP contribution is 2.43. The van der Waals surface area contributed by atoms with Gasteiger partial charge in [-0.1, -0.05) is 24.6 Å². The van der Waals surface area contributed by atoms with Crippen LogP contribution in [-0.2, 0) is 4.79 Å². The average Bonchev–Trinajstić information content (AvgIpc) is 2.86. The molecule has 5 nitrogen and oxygen atoms in total. The first-order chi connectivity index (χ1) is 17.7. The number of carboxylic acid groups (broad SMARTS) is 1. The molecular formula is C29H33F3N2O3. The van der Waals surface area contributed by atoms with E-state index in [-0.39, 0.29) is 43.0 Å². The molecule has 8 heteroatoms. The van der Waals surface area contributed by atoms with Crippen LogP contribution < -0.4 is 4.74 Å². The van der Waals surface area contributed by atoms with Crippen LogP contribution in [-0.4, -0.2) is 40.3 Å². The van der Waals surface area contributed by atoms with Gasteiger partial charge in [0.2, 0.25) is 0 Å². The zero-order chi connectivity index (χ0) is 26.3. The van der Waals surface area contributed by atoms with Crippen LogP contribution in [0, 0.1) is 23.2 Å². The van der Waals surface area contributed by atoms with Crippen LogP contribution in [0.25, 0.3) is 10.8 Å². The van der Waals surface area contributed by atoms with E-state index in [4.69, 9.17) is 4.74 Å². The van der Waals surface area contributed by atoms with Crippen LogP contribution >= 0.6 is 0 Å². The third-order valence-electron chi connectivity index (χ3n) is 8.86. The van der Waals surface area contributed by atoms with Gasteiger partial charge >= 0.3 is 12.1 Å². The van der Waals surface area contributed by atoms with Crippen LogP contribution in [0.1, 0.15) is 81.9 Å². The minimum atomic E-state index is -4.16. The van der Waals surface area contributed by atoms with Gasteiger partial charge in [0.25, 0.3) is 0 Å². The number of alkyl halides is 3. The van der Waals surface area contributed by atoms with Crippen molar-refractivity contribution in [3.63, 3.8) is 0 Å². The number of rotatable bonds is 5. The summed E-state index contributed by atoms with van der Waals surface area (Å²) in [4.78, 5) is 14.1. The Bertz CT molecular complexity index is 1190. The summed E-state index contributed by atoms with van der Waals surface area (Å²) < 4.78 is 45.1. The van der Waals surface area contributed by atoms with Gasteiger partial charge in [0.05, 0.1) is 17.9 Å². The highest BCUT2D eigenvalue weighted by Gasteiger charge is 2.43. The number of aliphatic carboxylic acids is 1. The Morgan fingerprint density at radius 1 is 1.08 bits per heavy atom. The monoisotopic (exact) mass is 514 g/mol. The lowest BCUT2D eigenvalue weighted by atomic mass is 9.77. The molecule has 1 saturated carbocycles. The van der Waals surface area contributed by atoms with Crippen molar-refractivity contribution in [1.29, 1.82) is 5.26 Å². The molecule has 2 aliphatic heterocycles. The Labute approximate surface area is 215 Å². The number of hydrogen-bond donors (Lipinski definition) is 1. The second-order valence-corrected chi connectivity index (χ2v) is 11.0. The topological polar surface area (TPSA) is 73.6 Å². The van der Waals surface area contributed by atoms with Gasteiger partial charge in [-0.25, -0.2) is 0 Å². The molecule has 0 spiro atoms. The lowest BCUT2D eigenvalue weighted by Crippen LogP contribution is -2.53. The van der Waals surface area contributed by atoms with E-state index in [1.165, 1.54) is 0 Å². The Balaban J connectivity index is 1.34. The highest BCUT2D eigenvalue weighted by atomic mass is 19.4. The standard InChI is InChI=1S/C29H33F3N2O3/c1-17(34-22-3-2-4-23(34)15-20(14-22)28(35)36)18-5-11-25-19(13-18)6-12-27(26(25)16-33)37-24-9-7-21(8-10-24)29(30,31)32/h5-6,11-13,17,20-24H,2-4,7-10,14-15H2,1H3,(H,35,36)/t17-,21?,22-,23-,24?/m0/s1. The normalized spacial score (nSPS) is 29.4. The van der Waals surface area contributed by atoms with Crippen LogP contribution in [0.4, 0.5) is 13.2 Å². The van der Waals surface area contributed by atoms with Crippen LogP contribution in [0.3, 0.4) is 0 Å². The summed E-state index contributed by atoms with van der Waals surface area (Å²) in [5.41, 5.74) is 1.54. The second-order valence-electron chi connectivity index (χ2n) is 11.0. The number of nitrogens with zero attached hydrogens (tertiary/aromatic N) is 2. The van der Waals surface area contributed by atoms with Crippen LogP contribution in [0.5, 0.6) is 5.75 Å². The summed E-state index contributed by atoms with van der Waals surface area (Å²) in [6, 6.07) is 12.6. The molecule has 1 aliphatic carbocycles. The van der Waals surface area contributed by atoms with Gasteiger partial charge < -0.3 is 9.84 Å². The van der Waals surface area contributed by atoms with E-state index in [0.29, 0.717) is 37.0 Å². The van der Waals surface area contributed by atoms with Crippen molar-refractivity contribution in [2.75, 3.05) is 0 Å². The van der Waals surface area contributed by atoms with Gasteiger partial charge in [-0.2, -0.15) is 18.4 Å².